The summed E-state index contributed by atoms with van der Waals surface area (Å²) in [7, 11) is 0. The fourth-order valence-electron chi connectivity index (χ4n) is 2.94. The van der Waals surface area contributed by atoms with Gasteiger partial charge in [-0.15, -0.1) is 0 Å². The molecule has 1 aliphatic heterocycles. The minimum absolute atomic E-state index is 0.00343. The second-order valence-electron chi connectivity index (χ2n) is 6.06. The third-order valence-corrected chi connectivity index (χ3v) is 4.18. The second kappa shape index (κ2) is 6.40. The van der Waals surface area contributed by atoms with Gasteiger partial charge in [-0.05, 0) is 32.1 Å². The molecule has 4 heteroatoms. The number of rotatable bonds is 5. The van der Waals surface area contributed by atoms with Crippen LogP contribution in [0.1, 0.15) is 60.3 Å². The number of carbonyl (C=O) groups excluding carboxylic acids is 2. The first-order chi connectivity index (χ1) is 8.86. The Hall–Kier alpha value is -1.06. The van der Waals surface area contributed by atoms with Gasteiger partial charge >= 0.3 is 0 Å². The first-order valence-corrected chi connectivity index (χ1v) is 7.48. The summed E-state index contributed by atoms with van der Waals surface area (Å²) in [4.78, 5) is 26.6. The van der Waals surface area contributed by atoms with E-state index in [0.717, 1.165) is 6.42 Å². The highest BCUT2D eigenvalue weighted by molar-refractivity contribution is 5.93. The maximum absolute atomic E-state index is 12.8. The lowest BCUT2D eigenvalue weighted by Crippen LogP contribution is -2.58. The van der Waals surface area contributed by atoms with Gasteiger partial charge in [0.2, 0.25) is 11.8 Å². The Kier molecular flexibility index (Phi) is 5.39. The quantitative estimate of drug-likeness (QED) is 0.832. The molecule has 0 aromatic rings. The predicted molar refractivity (Wildman–Crippen MR) is 76.7 cm³/mol. The van der Waals surface area contributed by atoms with E-state index >= 15 is 0 Å². The molecule has 0 spiro atoms. The summed E-state index contributed by atoms with van der Waals surface area (Å²) in [6.07, 6.45) is 2.69. The molecule has 1 atom stereocenters. The molecule has 2 amide bonds. The van der Waals surface area contributed by atoms with E-state index in [4.69, 9.17) is 0 Å². The molecular weight excluding hydrogens is 240 g/mol. The maximum Gasteiger partial charge on any atom is 0.248 e. The standard InChI is InChI=1S/C15H28N2O2/c1-6-15(7-2)14(19)17(9-8-13(18)16-15)12(5)10-11(3)4/h11-12H,6-10H2,1-5H3,(H,16,18). The van der Waals surface area contributed by atoms with E-state index in [2.05, 4.69) is 26.1 Å². The van der Waals surface area contributed by atoms with Crippen molar-refractivity contribution in [3.63, 3.8) is 0 Å². The maximum atomic E-state index is 12.8. The van der Waals surface area contributed by atoms with Gasteiger partial charge in [0, 0.05) is 19.0 Å². The smallest absolute Gasteiger partial charge is 0.248 e. The monoisotopic (exact) mass is 268 g/mol. The number of nitrogens with one attached hydrogen (secondary N) is 1. The Morgan fingerprint density at radius 2 is 1.79 bits per heavy atom. The van der Waals surface area contributed by atoms with Crippen LogP contribution < -0.4 is 5.32 Å². The summed E-state index contributed by atoms with van der Waals surface area (Å²) in [5.74, 6) is 0.639. The molecule has 0 aromatic heterocycles. The molecular formula is C15H28N2O2. The molecule has 1 unspecified atom stereocenters. The van der Waals surface area contributed by atoms with Gasteiger partial charge in [-0.3, -0.25) is 9.59 Å². The summed E-state index contributed by atoms with van der Waals surface area (Å²) in [6, 6.07) is 0.192. The Morgan fingerprint density at radius 3 is 2.26 bits per heavy atom. The van der Waals surface area contributed by atoms with Gasteiger partial charge < -0.3 is 10.2 Å². The average molecular weight is 268 g/mol. The minimum Gasteiger partial charge on any atom is -0.342 e. The van der Waals surface area contributed by atoms with Gasteiger partial charge in [0.25, 0.3) is 0 Å². The van der Waals surface area contributed by atoms with Crippen LogP contribution in [0, 0.1) is 5.92 Å². The predicted octanol–water partition coefficient (Wildman–Crippen LogP) is 2.33. The average Bonchev–Trinajstić information content (AvgIpc) is 2.46. The van der Waals surface area contributed by atoms with E-state index in [1.165, 1.54) is 0 Å². The van der Waals surface area contributed by atoms with E-state index in [1.807, 2.05) is 18.7 Å². The topological polar surface area (TPSA) is 49.4 Å². The Morgan fingerprint density at radius 1 is 1.21 bits per heavy atom. The molecule has 1 aliphatic rings. The van der Waals surface area contributed by atoms with Crippen LogP contribution in [-0.4, -0.2) is 34.8 Å². The third-order valence-electron chi connectivity index (χ3n) is 4.18. The fraction of sp³-hybridized carbons (Fsp3) is 0.867. The molecule has 19 heavy (non-hydrogen) atoms. The van der Waals surface area contributed by atoms with Crippen molar-refractivity contribution >= 4 is 11.8 Å². The lowest BCUT2D eigenvalue weighted by molar-refractivity contribution is -0.141. The molecule has 1 heterocycles. The molecule has 1 N–H and O–H groups in total. The van der Waals surface area contributed by atoms with E-state index < -0.39 is 5.54 Å². The van der Waals surface area contributed by atoms with E-state index in [0.29, 0.717) is 31.7 Å². The van der Waals surface area contributed by atoms with Crippen LogP contribution in [0.2, 0.25) is 0 Å². The molecule has 4 nitrogen and oxygen atoms in total. The van der Waals surface area contributed by atoms with Crippen molar-refractivity contribution in [1.82, 2.24) is 10.2 Å². The zero-order valence-electron chi connectivity index (χ0n) is 13.0. The van der Waals surface area contributed by atoms with Crippen LogP contribution in [-0.2, 0) is 9.59 Å². The normalized spacial score (nSPS) is 21.3. The van der Waals surface area contributed by atoms with Gasteiger partial charge in [0.1, 0.15) is 5.54 Å². The lowest BCUT2D eigenvalue weighted by Gasteiger charge is -2.37. The molecule has 1 saturated heterocycles. The first-order valence-electron chi connectivity index (χ1n) is 7.48. The fourth-order valence-corrected chi connectivity index (χ4v) is 2.94. The van der Waals surface area contributed by atoms with Crippen molar-refractivity contribution in [3.8, 4) is 0 Å². The number of amides is 2. The number of hydrogen-bond donors (Lipinski definition) is 1. The largest absolute Gasteiger partial charge is 0.342 e. The Balaban J connectivity index is 2.98. The lowest BCUT2D eigenvalue weighted by atomic mass is 9.90. The number of carbonyl (C=O) groups is 2. The van der Waals surface area contributed by atoms with Gasteiger partial charge in [0.05, 0.1) is 0 Å². The van der Waals surface area contributed by atoms with Crippen molar-refractivity contribution in [3.05, 3.63) is 0 Å². The van der Waals surface area contributed by atoms with Crippen molar-refractivity contribution in [2.24, 2.45) is 5.92 Å². The van der Waals surface area contributed by atoms with E-state index in [-0.39, 0.29) is 17.9 Å². The van der Waals surface area contributed by atoms with Gasteiger partial charge in [-0.25, -0.2) is 0 Å². The second-order valence-corrected chi connectivity index (χ2v) is 6.06. The van der Waals surface area contributed by atoms with Gasteiger partial charge in [-0.1, -0.05) is 27.7 Å². The Bertz CT molecular complexity index is 335. The van der Waals surface area contributed by atoms with E-state index in [1.54, 1.807) is 0 Å². The van der Waals surface area contributed by atoms with Gasteiger partial charge in [0.15, 0.2) is 0 Å². The van der Waals surface area contributed by atoms with Crippen LogP contribution in [0.3, 0.4) is 0 Å². The summed E-state index contributed by atoms with van der Waals surface area (Å²) >= 11 is 0. The van der Waals surface area contributed by atoms with Crippen molar-refractivity contribution in [2.75, 3.05) is 6.54 Å². The zero-order chi connectivity index (χ0) is 14.6. The molecule has 0 aliphatic carbocycles. The highest BCUT2D eigenvalue weighted by atomic mass is 16.2. The molecule has 1 fully saturated rings. The number of hydrogen-bond acceptors (Lipinski definition) is 2. The summed E-state index contributed by atoms with van der Waals surface area (Å²) in [6.45, 7) is 10.9. The first kappa shape index (κ1) is 16.0. The summed E-state index contributed by atoms with van der Waals surface area (Å²) < 4.78 is 0. The highest BCUT2D eigenvalue weighted by Gasteiger charge is 2.42. The highest BCUT2D eigenvalue weighted by Crippen LogP contribution is 2.25. The zero-order valence-corrected chi connectivity index (χ0v) is 13.0. The third kappa shape index (κ3) is 3.48. The molecule has 0 aromatic carbocycles. The van der Waals surface area contributed by atoms with Crippen molar-refractivity contribution in [1.29, 1.82) is 0 Å². The van der Waals surface area contributed by atoms with Crippen LogP contribution in [0.5, 0.6) is 0 Å². The minimum atomic E-state index is -0.696. The molecule has 0 radical (unpaired) electrons. The molecule has 0 bridgehead atoms. The van der Waals surface area contributed by atoms with Crippen LogP contribution in [0.4, 0.5) is 0 Å². The van der Waals surface area contributed by atoms with Crippen LogP contribution in [0.25, 0.3) is 0 Å². The Labute approximate surface area is 116 Å². The SMILES string of the molecule is CCC1(CC)NC(=O)CCN(C(C)CC(C)C)C1=O. The molecule has 0 saturated carbocycles. The molecule has 110 valence electrons. The van der Waals surface area contributed by atoms with Crippen molar-refractivity contribution in [2.45, 2.75) is 71.9 Å². The summed E-state index contributed by atoms with van der Waals surface area (Å²) in [5.41, 5.74) is -0.696. The van der Waals surface area contributed by atoms with Crippen LogP contribution in [0.15, 0.2) is 0 Å². The van der Waals surface area contributed by atoms with Crippen LogP contribution >= 0.6 is 0 Å². The van der Waals surface area contributed by atoms with E-state index in [9.17, 15) is 9.59 Å². The summed E-state index contributed by atoms with van der Waals surface area (Å²) in [5, 5.41) is 2.95. The van der Waals surface area contributed by atoms with Crippen molar-refractivity contribution < 1.29 is 9.59 Å². The molecule has 1 rings (SSSR count). The van der Waals surface area contributed by atoms with Gasteiger partial charge in [-0.2, -0.15) is 0 Å². The number of nitrogens with zero attached hydrogens (tertiary/aromatic N) is 1.